The Labute approximate surface area is 181 Å². The molecule has 1 aromatic heterocycles. The van der Waals surface area contributed by atoms with E-state index in [-0.39, 0.29) is 18.4 Å². The predicted octanol–water partition coefficient (Wildman–Crippen LogP) is 3.38. The molecule has 0 spiro atoms. The number of nitrogens with one attached hydrogen (secondary N) is 1. The number of likely N-dealkylation sites (tertiary alicyclic amines) is 1. The van der Waals surface area contributed by atoms with E-state index in [1.54, 1.807) is 36.5 Å². The maximum atomic E-state index is 13.6. The first kappa shape index (κ1) is 20.8. The number of aromatic nitrogens is 1. The number of amides is 2. The van der Waals surface area contributed by atoms with Crippen LogP contribution in [0.2, 0.25) is 5.02 Å². The topological polar surface area (TPSA) is 68.8 Å². The first-order chi connectivity index (χ1) is 14.4. The van der Waals surface area contributed by atoms with E-state index in [9.17, 15) is 9.59 Å². The molecule has 0 saturated carbocycles. The molecule has 0 radical (unpaired) electrons. The van der Waals surface area contributed by atoms with Crippen LogP contribution in [0.1, 0.15) is 29.6 Å². The molecule has 0 bridgehead atoms. The number of anilines is 3. The fourth-order valence-corrected chi connectivity index (χ4v) is 4.42. The Hall–Kier alpha value is -2.48. The van der Waals surface area contributed by atoms with Gasteiger partial charge in [0.05, 0.1) is 23.5 Å². The normalized spacial score (nSPS) is 19.1. The van der Waals surface area contributed by atoms with E-state index < -0.39 is 0 Å². The van der Waals surface area contributed by atoms with Crippen molar-refractivity contribution in [3.8, 4) is 0 Å². The van der Waals surface area contributed by atoms with E-state index in [1.807, 2.05) is 0 Å². The first-order valence-electron chi connectivity index (χ1n) is 10.2. The number of benzene rings is 1. The molecule has 4 rings (SSSR count). The van der Waals surface area contributed by atoms with E-state index in [0.29, 0.717) is 33.8 Å². The van der Waals surface area contributed by atoms with Crippen molar-refractivity contribution < 1.29 is 9.59 Å². The number of halogens is 1. The lowest BCUT2D eigenvalue weighted by molar-refractivity contribution is -0.120. The quantitative estimate of drug-likeness (QED) is 0.810. The third-order valence-electron chi connectivity index (χ3n) is 5.60. The molecule has 1 N–H and O–H groups in total. The number of hydrogen-bond acceptors (Lipinski definition) is 5. The van der Waals surface area contributed by atoms with Crippen molar-refractivity contribution in [3.05, 3.63) is 47.1 Å². The number of likely N-dealkylation sites (N-methyl/N-ethyl adjacent to an activating group) is 1. The second-order valence-electron chi connectivity index (χ2n) is 8.10. The van der Waals surface area contributed by atoms with Crippen molar-refractivity contribution in [2.24, 2.45) is 0 Å². The smallest absolute Gasteiger partial charge is 0.257 e. The lowest BCUT2D eigenvalue weighted by Crippen LogP contribution is -2.49. The summed E-state index contributed by atoms with van der Waals surface area (Å²) in [5.74, 6) is 0.00771. The van der Waals surface area contributed by atoms with Crippen LogP contribution in [0.3, 0.4) is 0 Å². The Balaban J connectivity index is 1.72. The Morgan fingerprint density at radius 3 is 2.93 bits per heavy atom. The predicted molar refractivity (Wildman–Crippen MR) is 119 cm³/mol. The summed E-state index contributed by atoms with van der Waals surface area (Å²) in [5.41, 5.74) is 1.37. The zero-order valence-corrected chi connectivity index (χ0v) is 18.0. The number of carbonyl (C=O) groups is 2. The molecular formula is C22H26ClN5O2. The average Bonchev–Trinajstić information content (AvgIpc) is 2.82. The van der Waals surface area contributed by atoms with E-state index in [0.717, 1.165) is 25.9 Å². The third-order valence-corrected chi connectivity index (χ3v) is 5.84. The molecule has 2 aromatic rings. The average molecular weight is 428 g/mol. The molecule has 8 heteroatoms. The largest absolute Gasteiger partial charge is 0.319 e. The highest BCUT2D eigenvalue weighted by atomic mass is 35.5. The van der Waals surface area contributed by atoms with Gasteiger partial charge in [-0.05, 0) is 63.8 Å². The number of pyridine rings is 1. The van der Waals surface area contributed by atoms with Gasteiger partial charge in [0.15, 0.2) is 5.82 Å². The second-order valence-corrected chi connectivity index (χ2v) is 8.54. The fourth-order valence-electron chi connectivity index (χ4n) is 4.25. The van der Waals surface area contributed by atoms with Crippen LogP contribution in [-0.2, 0) is 4.79 Å². The van der Waals surface area contributed by atoms with Gasteiger partial charge in [0.1, 0.15) is 0 Å². The van der Waals surface area contributed by atoms with Gasteiger partial charge in [0.25, 0.3) is 5.91 Å². The van der Waals surface area contributed by atoms with Gasteiger partial charge < -0.3 is 10.2 Å². The second kappa shape index (κ2) is 8.71. The summed E-state index contributed by atoms with van der Waals surface area (Å²) in [6.07, 6.45) is 4.95. The molecule has 1 unspecified atom stereocenters. The number of hydrogen-bond donors (Lipinski definition) is 1. The van der Waals surface area contributed by atoms with Gasteiger partial charge >= 0.3 is 0 Å². The maximum absolute atomic E-state index is 13.6. The zero-order chi connectivity index (χ0) is 21.3. The molecule has 1 aromatic carbocycles. The SMILES string of the molecule is CN(C)CC1CCCCN1CC(=O)N1c2cc(Cl)ccc2C(=O)Nc2cccnc21. The van der Waals surface area contributed by atoms with Crippen molar-refractivity contribution in [1.29, 1.82) is 0 Å². The molecule has 7 nitrogen and oxygen atoms in total. The van der Waals surface area contributed by atoms with Gasteiger partial charge in [0, 0.05) is 23.8 Å². The van der Waals surface area contributed by atoms with Crippen LogP contribution in [0.4, 0.5) is 17.2 Å². The number of rotatable bonds is 4. The van der Waals surface area contributed by atoms with E-state index in [4.69, 9.17) is 11.6 Å². The molecule has 2 aliphatic heterocycles. The van der Waals surface area contributed by atoms with Gasteiger partial charge in [-0.2, -0.15) is 0 Å². The van der Waals surface area contributed by atoms with Crippen LogP contribution in [0.5, 0.6) is 0 Å². The van der Waals surface area contributed by atoms with Gasteiger partial charge in [-0.3, -0.25) is 19.4 Å². The van der Waals surface area contributed by atoms with Crippen LogP contribution in [0.25, 0.3) is 0 Å². The summed E-state index contributed by atoms with van der Waals surface area (Å²) in [4.78, 5) is 36.8. The summed E-state index contributed by atoms with van der Waals surface area (Å²) in [6, 6.07) is 8.78. The molecule has 158 valence electrons. The molecule has 1 saturated heterocycles. The minimum Gasteiger partial charge on any atom is -0.319 e. The van der Waals surface area contributed by atoms with Gasteiger partial charge in [-0.15, -0.1) is 0 Å². The molecule has 30 heavy (non-hydrogen) atoms. The van der Waals surface area contributed by atoms with Crippen LogP contribution >= 0.6 is 11.6 Å². The number of carbonyl (C=O) groups excluding carboxylic acids is 2. The maximum Gasteiger partial charge on any atom is 0.257 e. The lowest BCUT2D eigenvalue weighted by atomic mass is 10.0. The fraction of sp³-hybridized carbons (Fsp3) is 0.409. The minimum atomic E-state index is -0.283. The van der Waals surface area contributed by atoms with Crippen molar-refractivity contribution in [2.45, 2.75) is 25.3 Å². The van der Waals surface area contributed by atoms with Gasteiger partial charge in [0.2, 0.25) is 5.91 Å². The summed E-state index contributed by atoms with van der Waals surface area (Å²) < 4.78 is 0. The summed E-state index contributed by atoms with van der Waals surface area (Å²) in [5, 5.41) is 3.32. The highest BCUT2D eigenvalue weighted by Gasteiger charge is 2.33. The third kappa shape index (κ3) is 4.19. The highest BCUT2D eigenvalue weighted by molar-refractivity contribution is 6.31. The van der Waals surface area contributed by atoms with Crippen LogP contribution < -0.4 is 10.2 Å². The first-order valence-corrected chi connectivity index (χ1v) is 10.6. The minimum absolute atomic E-state index is 0.124. The lowest BCUT2D eigenvalue weighted by Gasteiger charge is -2.37. The zero-order valence-electron chi connectivity index (χ0n) is 17.3. The van der Waals surface area contributed by atoms with Crippen LogP contribution in [0, 0.1) is 0 Å². The van der Waals surface area contributed by atoms with E-state index in [1.165, 1.54) is 11.3 Å². The molecule has 2 amide bonds. The molecule has 2 aliphatic rings. The molecule has 1 atom stereocenters. The Morgan fingerprint density at radius 1 is 1.30 bits per heavy atom. The van der Waals surface area contributed by atoms with Crippen molar-refractivity contribution in [2.75, 3.05) is 43.9 Å². The monoisotopic (exact) mass is 427 g/mol. The highest BCUT2D eigenvalue weighted by Crippen LogP contribution is 2.37. The summed E-state index contributed by atoms with van der Waals surface area (Å²) in [6.45, 7) is 2.05. The van der Waals surface area contributed by atoms with Gasteiger partial charge in [-0.25, -0.2) is 4.98 Å². The molecular weight excluding hydrogens is 402 g/mol. The number of nitrogens with zero attached hydrogens (tertiary/aromatic N) is 4. The van der Waals surface area contributed by atoms with Crippen molar-refractivity contribution in [1.82, 2.24) is 14.8 Å². The van der Waals surface area contributed by atoms with Crippen molar-refractivity contribution >= 4 is 40.6 Å². The molecule has 3 heterocycles. The standard InChI is InChI=1S/C22H26ClN5O2/c1-26(2)13-16-6-3-4-11-27(16)14-20(29)28-19-12-15(23)8-9-17(19)22(30)25-18-7-5-10-24-21(18)28/h5,7-10,12,16H,3-4,6,11,13-14H2,1-2H3,(H,25,30). The summed E-state index contributed by atoms with van der Waals surface area (Å²) >= 11 is 6.24. The van der Waals surface area contributed by atoms with Crippen molar-refractivity contribution in [3.63, 3.8) is 0 Å². The van der Waals surface area contributed by atoms with Crippen LogP contribution in [0.15, 0.2) is 36.5 Å². The molecule has 0 aliphatic carbocycles. The van der Waals surface area contributed by atoms with Gasteiger partial charge in [-0.1, -0.05) is 18.0 Å². The van der Waals surface area contributed by atoms with E-state index >= 15 is 0 Å². The van der Waals surface area contributed by atoms with E-state index in [2.05, 4.69) is 34.2 Å². The number of piperidine rings is 1. The summed E-state index contributed by atoms with van der Waals surface area (Å²) in [7, 11) is 4.11. The van der Waals surface area contributed by atoms with Crippen LogP contribution in [-0.4, -0.2) is 66.4 Å². The Kier molecular flexibility index (Phi) is 6.04. The Bertz CT molecular complexity index is 964. The Morgan fingerprint density at radius 2 is 2.13 bits per heavy atom. The number of fused-ring (bicyclic) bond motifs is 2. The molecule has 1 fully saturated rings.